The van der Waals surface area contributed by atoms with Crippen LogP contribution in [0.15, 0.2) is 23.3 Å². The van der Waals surface area contributed by atoms with E-state index in [-0.39, 0.29) is 11.2 Å². The molecule has 7 heteroatoms. The van der Waals surface area contributed by atoms with E-state index in [4.69, 9.17) is 17.0 Å². The highest BCUT2D eigenvalue weighted by molar-refractivity contribution is 7.71. The van der Waals surface area contributed by atoms with E-state index < -0.39 is 0 Å². The number of aromatic nitrogens is 3. The molecule has 0 fully saturated rings. The highest BCUT2D eigenvalue weighted by atomic mass is 32.1. The van der Waals surface area contributed by atoms with Crippen molar-refractivity contribution in [3.05, 3.63) is 34.4 Å². The van der Waals surface area contributed by atoms with Gasteiger partial charge < -0.3 is 9.84 Å². The predicted molar refractivity (Wildman–Crippen MR) is 83.8 cm³/mol. The van der Waals surface area contributed by atoms with Crippen molar-refractivity contribution < 1.29 is 9.84 Å². The first-order valence-electron chi connectivity index (χ1n) is 6.42. The van der Waals surface area contributed by atoms with Gasteiger partial charge in [-0.05, 0) is 36.0 Å². The average molecular weight is 306 g/mol. The molecule has 0 spiro atoms. The Morgan fingerprint density at radius 2 is 2.14 bits per heavy atom. The summed E-state index contributed by atoms with van der Waals surface area (Å²) in [6.07, 6.45) is 1.61. The van der Waals surface area contributed by atoms with E-state index >= 15 is 0 Å². The standard InChI is InChI=1S/C14H18N4O2S/c1-14(2,3)12-16-17-13(21)18(12)15-8-9-5-6-11(20-4)10(19)7-9/h5-8,19H,1-4H3,(H,17,21)/b15-8-. The monoisotopic (exact) mass is 306 g/mol. The minimum atomic E-state index is -0.188. The third kappa shape index (κ3) is 3.30. The number of nitrogens with zero attached hydrogens (tertiary/aromatic N) is 3. The number of rotatable bonds is 3. The van der Waals surface area contributed by atoms with Crippen LogP contribution in [0.25, 0.3) is 0 Å². The Bertz CT molecular complexity index is 725. The lowest BCUT2D eigenvalue weighted by Gasteiger charge is -2.15. The molecular formula is C14H18N4O2S. The number of ether oxygens (including phenoxy) is 1. The minimum Gasteiger partial charge on any atom is -0.504 e. The second-order valence-electron chi connectivity index (χ2n) is 5.59. The molecule has 0 saturated heterocycles. The van der Waals surface area contributed by atoms with E-state index in [1.165, 1.54) is 7.11 Å². The summed E-state index contributed by atoms with van der Waals surface area (Å²) in [5, 5.41) is 21.0. The summed E-state index contributed by atoms with van der Waals surface area (Å²) in [5.74, 6) is 1.22. The Balaban J connectivity index is 2.36. The van der Waals surface area contributed by atoms with Gasteiger partial charge >= 0.3 is 0 Å². The highest BCUT2D eigenvalue weighted by Crippen LogP contribution is 2.25. The van der Waals surface area contributed by atoms with E-state index in [1.807, 2.05) is 20.8 Å². The van der Waals surface area contributed by atoms with Gasteiger partial charge in [0, 0.05) is 5.41 Å². The van der Waals surface area contributed by atoms with Crippen LogP contribution < -0.4 is 4.74 Å². The molecule has 112 valence electrons. The third-order valence-electron chi connectivity index (χ3n) is 2.85. The number of hydrogen-bond acceptors (Lipinski definition) is 5. The number of aromatic amines is 1. The molecule has 21 heavy (non-hydrogen) atoms. The minimum absolute atomic E-state index is 0.0632. The lowest BCUT2D eigenvalue weighted by atomic mass is 9.96. The molecule has 2 rings (SSSR count). The van der Waals surface area contributed by atoms with Gasteiger partial charge in [-0.2, -0.15) is 14.9 Å². The van der Waals surface area contributed by atoms with Crippen LogP contribution in [0, 0.1) is 4.77 Å². The van der Waals surface area contributed by atoms with Crippen molar-refractivity contribution in [1.82, 2.24) is 14.9 Å². The van der Waals surface area contributed by atoms with Crippen LogP contribution in [0.4, 0.5) is 0 Å². The zero-order chi connectivity index (χ0) is 15.6. The average Bonchev–Trinajstić information content (AvgIpc) is 2.77. The van der Waals surface area contributed by atoms with Gasteiger partial charge in [-0.3, -0.25) is 5.10 Å². The van der Waals surface area contributed by atoms with Gasteiger partial charge in [0.1, 0.15) is 0 Å². The SMILES string of the molecule is COc1ccc(/C=N\n2c(C(C)(C)C)n[nH]c2=S)cc1O. The van der Waals surface area contributed by atoms with Gasteiger partial charge in [0.25, 0.3) is 0 Å². The van der Waals surface area contributed by atoms with Gasteiger partial charge in [-0.25, -0.2) is 0 Å². The molecule has 0 radical (unpaired) electrons. The Morgan fingerprint density at radius 3 is 2.71 bits per heavy atom. The van der Waals surface area contributed by atoms with Crippen LogP contribution >= 0.6 is 12.2 Å². The molecule has 0 bridgehead atoms. The Kier molecular flexibility index (Phi) is 4.13. The number of H-pyrrole nitrogens is 1. The van der Waals surface area contributed by atoms with Crippen LogP contribution in [-0.4, -0.2) is 33.3 Å². The molecule has 0 amide bonds. The van der Waals surface area contributed by atoms with Crippen molar-refractivity contribution >= 4 is 18.4 Å². The second kappa shape index (κ2) is 5.69. The largest absolute Gasteiger partial charge is 0.504 e. The summed E-state index contributed by atoms with van der Waals surface area (Å²) in [4.78, 5) is 0. The van der Waals surface area contributed by atoms with Gasteiger partial charge in [0.15, 0.2) is 17.3 Å². The zero-order valence-electron chi connectivity index (χ0n) is 12.4. The van der Waals surface area contributed by atoms with E-state index in [0.29, 0.717) is 10.5 Å². The molecule has 0 saturated carbocycles. The number of hydrogen-bond donors (Lipinski definition) is 2. The molecule has 1 aromatic heterocycles. The highest BCUT2D eigenvalue weighted by Gasteiger charge is 2.21. The van der Waals surface area contributed by atoms with Gasteiger partial charge in [-0.1, -0.05) is 20.8 Å². The van der Waals surface area contributed by atoms with Crippen LogP contribution in [0.1, 0.15) is 32.2 Å². The van der Waals surface area contributed by atoms with Crippen LogP contribution in [0.3, 0.4) is 0 Å². The van der Waals surface area contributed by atoms with Gasteiger partial charge in [0.05, 0.1) is 13.3 Å². The van der Waals surface area contributed by atoms with Gasteiger partial charge in [0.2, 0.25) is 4.77 Å². The Morgan fingerprint density at radius 1 is 1.43 bits per heavy atom. The van der Waals surface area contributed by atoms with Crippen LogP contribution in [0.2, 0.25) is 0 Å². The molecule has 2 N–H and O–H groups in total. The molecule has 0 atom stereocenters. The number of phenols is 1. The summed E-state index contributed by atoms with van der Waals surface area (Å²) in [5.41, 5.74) is 0.545. The fourth-order valence-electron chi connectivity index (χ4n) is 1.80. The first-order chi connectivity index (χ1) is 9.82. The molecule has 1 heterocycles. The van der Waals surface area contributed by atoms with Crippen molar-refractivity contribution in [2.45, 2.75) is 26.2 Å². The molecule has 1 aromatic carbocycles. The summed E-state index contributed by atoms with van der Waals surface area (Å²) < 4.78 is 7.01. The summed E-state index contributed by atoms with van der Waals surface area (Å²) in [6.45, 7) is 6.09. The van der Waals surface area contributed by atoms with Crippen LogP contribution in [-0.2, 0) is 5.41 Å². The molecule has 0 aliphatic heterocycles. The first kappa shape index (κ1) is 15.2. The summed E-state index contributed by atoms with van der Waals surface area (Å²) in [7, 11) is 1.50. The number of aromatic hydroxyl groups is 1. The summed E-state index contributed by atoms with van der Waals surface area (Å²) in [6, 6.07) is 5.04. The normalized spacial score (nSPS) is 12.0. The van der Waals surface area contributed by atoms with Crippen molar-refractivity contribution in [2.24, 2.45) is 5.10 Å². The van der Waals surface area contributed by atoms with E-state index in [9.17, 15) is 5.11 Å². The maximum atomic E-state index is 9.75. The number of nitrogens with one attached hydrogen (secondary N) is 1. The lowest BCUT2D eigenvalue weighted by molar-refractivity contribution is 0.373. The first-order valence-corrected chi connectivity index (χ1v) is 6.83. The van der Waals surface area contributed by atoms with Crippen molar-refractivity contribution in [2.75, 3.05) is 7.11 Å². The maximum absolute atomic E-state index is 9.75. The second-order valence-corrected chi connectivity index (χ2v) is 5.98. The number of methoxy groups -OCH3 is 1. The van der Waals surface area contributed by atoms with E-state index in [0.717, 1.165) is 11.4 Å². The molecule has 0 aliphatic rings. The Hall–Kier alpha value is -2.15. The van der Waals surface area contributed by atoms with Crippen molar-refractivity contribution in [1.29, 1.82) is 0 Å². The molecule has 0 unspecified atom stereocenters. The molecule has 6 nitrogen and oxygen atoms in total. The number of phenolic OH excluding ortho intramolecular Hbond substituents is 1. The Labute approximate surface area is 128 Å². The topological polar surface area (TPSA) is 75.4 Å². The number of benzene rings is 1. The smallest absolute Gasteiger partial charge is 0.216 e. The third-order valence-corrected chi connectivity index (χ3v) is 3.11. The lowest BCUT2D eigenvalue weighted by Crippen LogP contribution is -2.17. The molecular weight excluding hydrogens is 288 g/mol. The quantitative estimate of drug-likeness (QED) is 0.675. The molecule has 0 aliphatic carbocycles. The fraction of sp³-hybridized carbons (Fsp3) is 0.357. The molecule has 2 aromatic rings. The van der Waals surface area contributed by atoms with E-state index in [1.54, 1.807) is 29.1 Å². The van der Waals surface area contributed by atoms with Crippen molar-refractivity contribution in [3.63, 3.8) is 0 Å². The van der Waals surface area contributed by atoms with Crippen LogP contribution in [0.5, 0.6) is 11.5 Å². The van der Waals surface area contributed by atoms with Crippen molar-refractivity contribution in [3.8, 4) is 11.5 Å². The maximum Gasteiger partial charge on any atom is 0.216 e. The van der Waals surface area contributed by atoms with Gasteiger partial charge in [-0.15, -0.1) is 0 Å². The predicted octanol–water partition coefficient (Wildman–Crippen LogP) is 2.83. The summed E-state index contributed by atoms with van der Waals surface area (Å²) >= 11 is 5.18. The fourth-order valence-corrected chi connectivity index (χ4v) is 1.98. The zero-order valence-corrected chi connectivity index (χ0v) is 13.2. The van der Waals surface area contributed by atoms with E-state index in [2.05, 4.69) is 15.3 Å².